The largest absolute Gasteiger partial charge is 0.464 e. The Labute approximate surface area is 236 Å². The van der Waals surface area contributed by atoms with Crippen LogP contribution >= 0.6 is 11.3 Å². The maximum absolute atomic E-state index is 13.7. The third kappa shape index (κ3) is 5.67. The number of rotatable bonds is 9. The first-order valence-corrected chi connectivity index (χ1v) is 13.9. The lowest BCUT2D eigenvalue weighted by molar-refractivity contribution is 0.0704. The minimum atomic E-state index is -0.336. The summed E-state index contributed by atoms with van der Waals surface area (Å²) in [7, 11) is 1.81. The standard InChI is InChI=1S/C32H30FN3O3S/c1-20(22-8-5-4-6-9-22)27(36(3)32(38)26-10-7-11-28-25(26)17-19-39-28)16-18-34-31(37)29-30(40-21(2)35-29)23-12-14-24(33)15-13-23/h4-15,17,19-20,27H,16,18H2,1-3H3,(H,34,37). The van der Waals surface area contributed by atoms with Crippen molar-refractivity contribution in [3.05, 3.63) is 113 Å². The average Bonchev–Trinajstić information content (AvgIpc) is 3.62. The van der Waals surface area contributed by atoms with Crippen LogP contribution in [0.3, 0.4) is 0 Å². The Morgan fingerprint density at radius 2 is 1.77 bits per heavy atom. The molecule has 0 bridgehead atoms. The van der Waals surface area contributed by atoms with Crippen molar-refractivity contribution in [3.8, 4) is 10.4 Å². The molecule has 2 heterocycles. The lowest BCUT2D eigenvalue weighted by Gasteiger charge is -2.33. The molecule has 0 fully saturated rings. The summed E-state index contributed by atoms with van der Waals surface area (Å²) in [6.45, 7) is 4.28. The summed E-state index contributed by atoms with van der Waals surface area (Å²) >= 11 is 1.40. The molecule has 1 N–H and O–H groups in total. The van der Waals surface area contributed by atoms with Crippen molar-refractivity contribution >= 4 is 34.1 Å². The molecule has 0 saturated carbocycles. The first-order chi connectivity index (χ1) is 19.3. The summed E-state index contributed by atoms with van der Waals surface area (Å²) in [6, 6.07) is 23.2. The van der Waals surface area contributed by atoms with E-state index in [9.17, 15) is 14.0 Å². The van der Waals surface area contributed by atoms with E-state index in [0.29, 0.717) is 34.7 Å². The second kappa shape index (κ2) is 11.8. The van der Waals surface area contributed by atoms with E-state index >= 15 is 0 Å². The molecule has 0 radical (unpaired) electrons. The highest BCUT2D eigenvalue weighted by Crippen LogP contribution is 2.31. The van der Waals surface area contributed by atoms with E-state index in [-0.39, 0.29) is 29.6 Å². The van der Waals surface area contributed by atoms with Crippen molar-refractivity contribution in [1.29, 1.82) is 0 Å². The summed E-state index contributed by atoms with van der Waals surface area (Å²) in [6.07, 6.45) is 2.11. The number of aryl methyl sites for hydroxylation is 1. The van der Waals surface area contributed by atoms with Gasteiger partial charge in [-0.2, -0.15) is 0 Å². The number of amides is 2. The summed E-state index contributed by atoms with van der Waals surface area (Å²) in [5.74, 6) is -0.740. The Bertz CT molecular complexity index is 1630. The first-order valence-electron chi connectivity index (χ1n) is 13.1. The SMILES string of the molecule is Cc1nc(C(=O)NCCC(C(C)c2ccccc2)N(C)C(=O)c2cccc3occc23)c(-c2ccc(F)cc2)s1. The number of furan rings is 1. The van der Waals surface area contributed by atoms with Gasteiger partial charge in [0.05, 0.1) is 21.7 Å². The van der Waals surface area contributed by atoms with E-state index in [0.717, 1.165) is 21.5 Å². The van der Waals surface area contributed by atoms with Gasteiger partial charge >= 0.3 is 0 Å². The van der Waals surface area contributed by atoms with Gasteiger partial charge in [-0.25, -0.2) is 9.37 Å². The fraction of sp³-hybridized carbons (Fsp3) is 0.219. The number of carbonyl (C=O) groups is 2. The van der Waals surface area contributed by atoms with E-state index < -0.39 is 0 Å². The van der Waals surface area contributed by atoms with Gasteiger partial charge in [0.2, 0.25) is 0 Å². The van der Waals surface area contributed by atoms with Crippen LogP contribution in [0.25, 0.3) is 21.4 Å². The monoisotopic (exact) mass is 555 g/mol. The maximum atomic E-state index is 13.7. The highest BCUT2D eigenvalue weighted by atomic mass is 32.1. The van der Waals surface area contributed by atoms with Crippen LogP contribution in [0, 0.1) is 12.7 Å². The smallest absolute Gasteiger partial charge is 0.271 e. The van der Waals surface area contributed by atoms with Gasteiger partial charge in [-0.05, 0) is 54.8 Å². The Balaban J connectivity index is 1.36. The summed E-state index contributed by atoms with van der Waals surface area (Å²) in [5.41, 5.74) is 3.40. The van der Waals surface area contributed by atoms with Gasteiger partial charge in [0.15, 0.2) is 0 Å². The van der Waals surface area contributed by atoms with Gasteiger partial charge in [0.25, 0.3) is 11.8 Å². The van der Waals surface area contributed by atoms with Crippen LogP contribution in [0.4, 0.5) is 4.39 Å². The predicted molar refractivity (Wildman–Crippen MR) is 156 cm³/mol. The molecule has 0 saturated heterocycles. The summed E-state index contributed by atoms with van der Waals surface area (Å²) in [5, 5.41) is 4.53. The number of thiazole rings is 1. The Morgan fingerprint density at radius 1 is 1.02 bits per heavy atom. The molecule has 0 aliphatic carbocycles. The molecule has 40 heavy (non-hydrogen) atoms. The second-order valence-corrected chi connectivity index (χ2v) is 11.0. The van der Waals surface area contributed by atoms with Crippen LogP contribution in [0.2, 0.25) is 0 Å². The van der Waals surface area contributed by atoms with E-state index in [2.05, 4.69) is 29.4 Å². The number of hydrogen-bond donors (Lipinski definition) is 1. The molecule has 0 aliphatic rings. The van der Waals surface area contributed by atoms with Crippen molar-refractivity contribution in [2.75, 3.05) is 13.6 Å². The number of nitrogens with one attached hydrogen (secondary N) is 1. The average molecular weight is 556 g/mol. The number of halogens is 1. The topological polar surface area (TPSA) is 75.4 Å². The molecule has 204 valence electrons. The third-order valence-corrected chi connectivity index (χ3v) is 8.25. The van der Waals surface area contributed by atoms with Gasteiger partial charge in [-0.15, -0.1) is 11.3 Å². The number of aromatic nitrogens is 1. The number of fused-ring (bicyclic) bond motifs is 1. The minimum Gasteiger partial charge on any atom is -0.464 e. The van der Waals surface area contributed by atoms with Crippen LogP contribution in [-0.2, 0) is 0 Å². The normalized spacial score (nSPS) is 12.7. The minimum absolute atomic E-state index is 0.00639. The Kier molecular flexibility index (Phi) is 8.07. The van der Waals surface area contributed by atoms with Crippen LogP contribution in [-0.4, -0.2) is 41.3 Å². The van der Waals surface area contributed by atoms with Crippen LogP contribution in [0.1, 0.15) is 50.7 Å². The van der Waals surface area contributed by atoms with Crippen LogP contribution < -0.4 is 5.32 Å². The molecule has 2 atom stereocenters. The Morgan fingerprint density at radius 3 is 2.52 bits per heavy atom. The molecule has 5 rings (SSSR count). The van der Waals surface area contributed by atoms with Gasteiger partial charge < -0.3 is 14.6 Å². The molecule has 0 spiro atoms. The molecule has 6 nitrogen and oxygen atoms in total. The molecule has 2 unspecified atom stereocenters. The number of nitrogens with zero attached hydrogens (tertiary/aromatic N) is 2. The quantitative estimate of drug-likeness (QED) is 0.211. The molecule has 5 aromatic rings. The lowest BCUT2D eigenvalue weighted by atomic mass is 9.89. The zero-order chi connectivity index (χ0) is 28.2. The van der Waals surface area contributed by atoms with Crippen molar-refractivity contribution < 1.29 is 18.4 Å². The second-order valence-electron chi connectivity index (χ2n) is 9.78. The summed E-state index contributed by atoms with van der Waals surface area (Å²) in [4.78, 5) is 33.9. The zero-order valence-corrected chi connectivity index (χ0v) is 23.4. The van der Waals surface area contributed by atoms with Crippen molar-refractivity contribution in [3.63, 3.8) is 0 Å². The van der Waals surface area contributed by atoms with Crippen LogP contribution in [0.5, 0.6) is 0 Å². The molecular formula is C32H30FN3O3S. The van der Waals surface area contributed by atoms with E-state index in [1.165, 1.54) is 23.5 Å². The van der Waals surface area contributed by atoms with Gasteiger partial charge in [-0.1, -0.05) is 55.5 Å². The van der Waals surface area contributed by atoms with E-state index in [4.69, 9.17) is 4.42 Å². The van der Waals surface area contributed by atoms with Crippen molar-refractivity contribution in [1.82, 2.24) is 15.2 Å². The van der Waals surface area contributed by atoms with Crippen molar-refractivity contribution in [2.45, 2.75) is 32.2 Å². The Hall–Kier alpha value is -4.30. The molecule has 0 aliphatic heterocycles. The zero-order valence-electron chi connectivity index (χ0n) is 22.6. The lowest BCUT2D eigenvalue weighted by Crippen LogP contribution is -2.42. The van der Waals surface area contributed by atoms with Crippen molar-refractivity contribution in [2.24, 2.45) is 0 Å². The number of benzene rings is 3. The molecule has 3 aromatic carbocycles. The van der Waals surface area contributed by atoms with Gasteiger partial charge in [-0.3, -0.25) is 9.59 Å². The highest BCUT2D eigenvalue weighted by Gasteiger charge is 2.29. The summed E-state index contributed by atoms with van der Waals surface area (Å²) < 4.78 is 19.0. The molecular weight excluding hydrogens is 525 g/mol. The van der Waals surface area contributed by atoms with Gasteiger partial charge in [0.1, 0.15) is 17.1 Å². The van der Waals surface area contributed by atoms with E-state index in [1.807, 2.05) is 50.4 Å². The highest BCUT2D eigenvalue weighted by molar-refractivity contribution is 7.15. The predicted octanol–water partition coefficient (Wildman–Crippen LogP) is 7.07. The molecule has 8 heteroatoms. The molecule has 2 amide bonds. The fourth-order valence-corrected chi connectivity index (χ4v) is 6.00. The van der Waals surface area contributed by atoms with Gasteiger partial charge in [0, 0.05) is 30.9 Å². The van der Waals surface area contributed by atoms with E-state index in [1.54, 1.807) is 29.4 Å². The van der Waals surface area contributed by atoms with Crippen LogP contribution in [0.15, 0.2) is 89.5 Å². The fourth-order valence-electron chi connectivity index (χ4n) is 5.07. The number of hydrogen-bond acceptors (Lipinski definition) is 5. The molecule has 2 aromatic heterocycles. The maximum Gasteiger partial charge on any atom is 0.271 e. The first kappa shape index (κ1) is 27.3. The third-order valence-electron chi connectivity index (χ3n) is 7.23. The number of likely N-dealkylation sites (N-methyl/N-ethyl adjacent to an activating group) is 1. The number of carbonyl (C=O) groups excluding carboxylic acids is 2.